The van der Waals surface area contributed by atoms with E-state index in [2.05, 4.69) is 15.2 Å². The van der Waals surface area contributed by atoms with Crippen LogP contribution < -0.4 is 10.0 Å². The number of anilines is 2. The predicted molar refractivity (Wildman–Crippen MR) is 95.5 cm³/mol. The highest BCUT2D eigenvalue weighted by atomic mass is 32.2. The topological polar surface area (TPSA) is 101 Å². The minimum absolute atomic E-state index is 0.0510. The van der Waals surface area contributed by atoms with Gasteiger partial charge in [0.05, 0.1) is 15.5 Å². The SMILES string of the molecule is Cc1noc(NS(=O)(=O)c2ccc(NC(=O)c3cccs3)cc2)c1C. The smallest absolute Gasteiger partial charge is 0.265 e. The molecule has 0 saturated carbocycles. The molecule has 0 unspecified atom stereocenters. The molecule has 3 aromatic rings. The van der Waals surface area contributed by atoms with Crippen LogP contribution in [0.1, 0.15) is 20.9 Å². The fourth-order valence-corrected chi connectivity index (χ4v) is 3.67. The number of hydrogen-bond acceptors (Lipinski definition) is 6. The summed E-state index contributed by atoms with van der Waals surface area (Å²) < 4.78 is 32.1. The van der Waals surface area contributed by atoms with Crippen molar-refractivity contribution in [1.82, 2.24) is 5.16 Å². The number of nitrogens with zero attached hydrogens (tertiary/aromatic N) is 1. The number of carbonyl (C=O) groups is 1. The molecule has 0 atom stereocenters. The van der Waals surface area contributed by atoms with E-state index < -0.39 is 10.0 Å². The molecule has 0 aliphatic carbocycles. The number of rotatable bonds is 5. The normalized spacial score (nSPS) is 11.3. The lowest BCUT2D eigenvalue weighted by molar-refractivity contribution is 0.103. The number of carbonyl (C=O) groups excluding carboxylic acids is 1. The lowest BCUT2D eigenvalue weighted by atomic mass is 10.3. The second kappa shape index (κ2) is 6.69. The Labute approximate surface area is 148 Å². The highest BCUT2D eigenvalue weighted by Crippen LogP contribution is 2.23. The van der Waals surface area contributed by atoms with Crippen LogP contribution >= 0.6 is 11.3 Å². The van der Waals surface area contributed by atoms with Crippen molar-refractivity contribution in [2.45, 2.75) is 18.7 Å². The zero-order valence-electron chi connectivity index (χ0n) is 13.4. The van der Waals surface area contributed by atoms with Crippen LogP contribution in [0.4, 0.5) is 11.6 Å². The second-order valence-corrected chi connectivity index (χ2v) is 7.91. The van der Waals surface area contributed by atoms with Gasteiger partial charge in [-0.3, -0.25) is 4.79 Å². The van der Waals surface area contributed by atoms with E-state index in [4.69, 9.17) is 4.52 Å². The molecule has 0 aliphatic rings. The Morgan fingerprint density at radius 1 is 1.16 bits per heavy atom. The summed E-state index contributed by atoms with van der Waals surface area (Å²) >= 11 is 1.33. The largest absolute Gasteiger partial charge is 0.337 e. The molecule has 2 N–H and O–H groups in total. The van der Waals surface area contributed by atoms with E-state index in [1.807, 2.05) is 5.38 Å². The van der Waals surface area contributed by atoms with E-state index in [0.29, 0.717) is 21.8 Å². The minimum atomic E-state index is -3.81. The number of aryl methyl sites for hydroxylation is 1. The first-order valence-electron chi connectivity index (χ1n) is 7.27. The van der Waals surface area contributed by atoms with Gasteiger partial charge in [0.25, 0.3) is 15.9 Å². The number of nitrogens with one attached hydrogen (secondary N) is 2. The van der Waals surface area contributed by atoms with Gasteiger partial charge in [-0.05, 0) is 49.6 Å². The number of sulfonamides is 1. The maximum atomic E-state index is 12.4. The molecule has 0 saturated heterocycles. The number of hydrogen-bond donors (Lipinski definition) is 2. The lowest BCUT2D eigenvalue weighted by Crippen LogP contribution is -2.14. The Bertz CT molecular complexity index is 991. The van der Waals surface area contributed by atoms with E-state index in [1.165, 1.54) is 35.6 Å². The van der Waals surface area contributed by atoms with Crippen molar-refractivity contribution in [2.75, 3.05) is 10.0 Å². The first-order chi connectivity index (χ1) is 11.9. The number of aromatic nitrogens is 1. The highest BCUT2D eigenvalue weighted by Gasteiger charge is 2.19. The van der Waals surface area contributed by atoms with E-state index >= 15 is 0 Å². The van der Waals surface area contributed by atoms with Crippen molar-refractivity contribution in [3.8, 4) is 0 Å². The van der Waals surface area contributed by atoms with Gasteiger partial charge in [0.1, 0.15) is 0 Å². The van der Waals surface area contributed by atoms with Crippen LogP contribution in [0.25, 0.3) is 0 Å². The van der Waals surface area contributed by atoms with E-state index in [1.54, 1.807) is 26.0 Å². The molecule has 130 valence electrons. The molecule has 0 aliphatic heterocycles. The molecule has 0 spiro atoms. The van der Waals surface area contributed by atoms with Crippen LogP contribution in [0.15, 0.2) is 51.2 Å². The maximum Gasteiger partial charge on any atom is 0.265 e. The third-order valence-corrected chi connectivity index (χ3v) is 5.77. The molecular weight excluding hydrogens is 362 g/mol. The number of benzene rings is 1. The first kappa shape index (κ1) is 17.2. The molecule has 2 heterocycles. The van der Waals surface area contributed by atoms with Gasteiger partial charge in [0, 0.05) is 11.3 Å². The molecule has 0 fully saturated rings. The van der Waals surface area contributed by atoms with Crippen molar-refractivity contribution in [3.05, 3.63) is 57.9 Å². The summed E-state index contributed by atoms with van der Waals surface area (Å²) in [6.45, 7) is 3.44. The Balaban J connectivity index is 1.75. The maximum absolute atomic E-state index is 12.4. The fraction of sp³-hybridized carbons (Fsp3) is 0.125. The van der Waals surface area contributed by atoms with Crippen LogP contribution in [0.3, 0.4) is 0 Å². The molecule has 7 nitrogen and oxygen atoms in total. The van der Waals surface area contributed by atoms with Crippen LogP contribution in [0.5, 0.6) is 0 Å². The van der Waals surface area contributed by atoms with Crippen LogP contribution in [0.2, 0.25) is 0 Å². The first-order valence-corrected chi connectivity index (χ1v) is 9.64. The van der Waals surface area contributed by atoms with Crippen molar-refractivity contribution < 1.29 is 17.7 Å². The minimum Gasteiger partial charge on any atom is -0.337 e. The van der Waals surface area contributed by atoms with E-state index in [-0.39, 0.29) is 16.7 Å². The zero-order chi connectivity index (χ0) is 18.0. The summed E-state index contributed by atoms with van der Waals surface area (Å²) in [7, 11) is -3.81. The molecule has 0 bridgehead atoms. The monoisotopic (exact) mass is 377 g/mol. The third-order valence-electron chi connectivity index (χ3n) is 3.55. The van der Waals surface area contributed by atoms with E-state index in [0.717, 1.165) is 0 Å². The molecule has 1 aromatic carbocycles. The Morgan fingerprint density at radius 2 is 1.88 bits per heavy atom. The summed E-state index contributed by atoms with van der Waals surface area (Å²) in [5.41, 5.74) is 1.75. The Morgan fingerprint density at radius 3 is 2.44 bits per heavy atom. The quantitative estimate of drug-likeness (QED) is 0.709. The molecule has 0 radical (unpaired) electrons. The highest BCUT2D eigenvalue weighted by molar-refractivity contribution is 7.92. The molecule has 2 aromatic heterocycles. The average Bonchev–Trinajstić information content (AvgIpc) is 3.21. The molecule has 9 heteroatoms. The van der Waals surface area contributed by atoms with Crippen molar-refractivity contribution in [3.63, 3.8) is 0 Å². The third kappa shape index (κ3) is 3.72. The van der Waals surface area contributed by atoms with Gasteiger partial charge in [-0.15, -0.1) is 11.3 Å². The predicted octanol–water partition coefficient (Wildman–Crippen LogP) is 3.41. The van der Waals surface area contributed by atoms with Crippen LogP contribution in [-0.2, 0) is 10.0 Å². The summed E-state index contributed by atoms with van der Waals surface area (Å²) in [6.07, 6.45) is 0. The summed E-state index contributed by atoms with van der Waals surface area (Å²) in [5, 5.41) is 8.24. The fourth-order valence-electron chi connectivity index (χ4n) is 2.01. The summed E-state index contributed by atoms with van der Waals surface area (Å²) in [4.78, 5) is 12.6. The van der Waals surface area contributed by atoms with Gasteiger partial charge in [-0.25, -0.2) is 13.1 Å². The van der Waals surface area contributed by atoms with Gasteiger partial charge in [0.2, 0.25) is 5.88 Å². The standard InChI is InChI=1S/C16H15N3O4S2/c1-10-11(2)18-23-16(10)19-25(21,22)13-7-5-12(6-8-13)17-15(20)14-4-3-9-24-14/h3-9,19H,1-2H3,(H,17,20). The van der Waals surface area contributed by atoms with Crippen molar-refractivity contribution in [2.24, 2.45) is 0 Å². The van der Waals surface area contributed by atoms with Gasteiger partial charge >= 0.3 is 0 Å². The summed E-state index contributed by atoms with van der Waals surface area (Å²) in [6, 6.07) is 9.37. The Kier molecular flexibility index (Phi) is 4.60. The molecular formula is C16H15N3O4S2. The lowest BCUT2D eigenvalue weighted by Gasteiger charge is -2.07. The van der Waals surface area contributed by atoms with Crippen molar-refractivity contribution >= 4 is 38.8 Å². The van der Waals surface area contributed by atoms with Gasteiger partial charge < -0.3 is 9.84 Å². The number of thiophene rings is 1. The molecule has 25 heavy (non-hydrogen) atoms. The van der Waals surface area contributed by atoms with E-state index in [9.17, 15) is 13.2 Å². The van der Waals surface area contributed by atoms with Crippen LogP contribution in [-0.4, -0.2) is 19.5 Å². The average molecular weight is 377 g/mol. The van der Waals surface area contributed by atoms with Gasteiger partial charge in [-0.1, -0.05) is 11.2 Å². The van der Waals surface area contributed by atoms with Gasteiger partial charge in [-0.2, -0.15) is 0 Å². The Hall–Kier alpha value is -2.65. The zero-order valence-corrected chi connectivity index (χ0v) is 15.1. The second-order valence-electron chi connectivity index (χ2n) is 5.28. The van der Waals surface area contributed by atoms with Crippen molar-refractivity contribution in [1.29, 1.82) is 0 Å². The molecule has 1 amide bonds. The number of amides is 1. The summed E-state index contributed by atoms with van der Waals surface area (Å²) in [5.74, 6) is -0.149. The van der Waals surface area contributed by atoms with Crippen LogP contribution in [0, 0.1) is 13.8 Å². The van der Waals surface area contributed by atoms with Gasteiger partial charge in [0.15, 0.2) is 0 Å². The molecule has 3 rings (SSSR count).